The Morgan fingerprint density at radius 3 is 2.73 bits per heavy atom. The van der Waals surface area contributed by atoms with E-state index in [2.05, 4.69) is 11.9 Å². The number of hydrogen-bond donors (Lipinski definition) is 1. The van der Waals surface area contributed by atoms with Gasteiger partial charge in [-0.05, 0) is 31.0 Å². The highest BCUT2D eigenvalue weighted by molar-refractivity contribution is 5.20. The van der Waals surface area contributed by atoms with Gasteiger partial charge in [-0.2, -0.15) is 0 Å². The van der Waals surface area contributed by atoms with Gasteiger partial charge in [-0.3, -0.25) is 4.98 Å². The second-order valence-electron chi connectivity index (χ2n) is 2.62. The van der Waals surface area contributed by atoms with Crippen LogP contribution in [-0.2, 0) is 13.0 Å². The summed E-state index contributed by atoms with van der Waals surface area (Å²) in [6, 6.07) is 3.98. The number of aliphatic hydroxyl groups excluding tert-OH is 1. The molecular formula is C9H13NO. The maximum atomic E-state index is 8.82. The van der Waals surface area contributed by atoms with Gasteiger partial charge in [-0.15, -0.1) is 0 Å². The molecule has 2 heteroatoms. The first-order valence-corrected chi connectivity index (χ1v) is 3.83. The maximum Gasteiger partial charge on any atom is 0.0853 e. The zero-order chi connectivity index (χ0) is 8.27. The van der Waals surface area contributed by atoms with Crippen molar-refractivity contribution in [2.24, 2.45) is 0 Å². The van der Waals surface area contributed by atoms with Crippen LogP contribution < -0.4 is 0 Å². The lowest BCUT2D eigenvalue weighted by Gasteiger charge is -2.01. The molecular weight excluding hydrogens is 138 g/mol. The summed E-state index contributed by atoms with van der Waals surface area (Å²) in [7, 11) is 0. The number of hydrogen-bond acceptors (Lipinski definition) is 2. The van der Waals surface area contributed by atoms with E-state index in [1.807, 2.05) is 19.1 Å². The van der Waals surface area contributed by atoms with Crippen molar-refractivity contribution < 1.29 is 5.11 Å². The molecule has 0 aliphatic heterocycles. The molecule has 0 saturated carbocycles. The summed E-state index contributed by atoms with van der Waals surface area (Å²) in [4.78, 5) is 4.15. The molecule has 0 saturated heterocycles. The van der Waals surface area contributed by atoms with Crippen molar-refractivity contribution >= 4 is 0 Å². The standard InChI is InChI=1S/C9H13NO/c1-3-8-4-7(2)10-9(5-8)6-11/h4-5,11H,3,6H2,1-2H3. The number of aryl methyl sites for hydroxylation is 2. The van der Waals surface area contributed by atoms with Gasteiger partial charge in [-0.1, -0.05) is 6.92 Å². The third-order valence-electron chi connectivity index (χ3n) is 1.64. The number of nitrogens with zero attached hydrogens (tertiary/aromatic N) is 1. The predicted octanol–water partition coefficient (Wildman–Crippen LogP) is 1.44. The maximum absolute atomic E-state index is 8.82. The summed E-state index contributed by atoms with van der Waals surface area (Å²) in [6.07, 6.45) is 0.996. The summed E-state index contributed by atoms with van der Waals surface area (Å²) in [6.45, 7) is 4.07. The second kappa shape index (κ2) is 3.49. The van der Waals surface area contributed by atoms with Crippen molar-refractivity contribution in [3.63, 3.8) is 0 Å². The van der Waals surface area contributed by atoms with Gasteiger partial charge < -0.3 is 5.11 Å². The smallest absolute Gasteiger partial charge is 0.0853 e. The largest absolute Gasteiger partial charge is 0.390 e. The van der Waals surface area contributed by atoms with Gasteiger partial charge >= 0.3 is 0 Å². The molecule has 0 aromatic carbocycles. The molecule has 1 aromatic heterocycles. The van der Waals surface area contributed by atoms with Crippen LogP contribution in [0.15, 0.2) is 12.1 Å². The van der Waals surface area contributed by atoms with Gasteiger partial charge in [0.15, 0.2) is 0 Å². The zero-order valence-corrected chi connectivity index (χ0v) is 6.96. The Morgan fingerprint density at radius 2 is 2.18 bits per heavy atom. The summed E-state index contributed by atoms with van der Waals surface area (Å²) in [5.41, 5.74) is 2.98. The number of rotatable bonds is 2. The number of aromatic nitrogens is 1. The van der Waals surface area contributed by atoms with Crippen molar-refractivity contribution in [2.75, 3.05) is 0 Å². The van der Waals surface area contributed by atoms with Crippen LogP contribution in [0, 0.1) is 6.92 Å². The normalized spacial score (nSPS) is 10.1. The van der Waals surface area contributed by atoms with Crippen molar-refractivity contribution in [1.82, 2.24) is 4.98 Å². The third-order valence-corrected chi connectivity index (χ3v) is 1.64. The fourth-order valence-corrected chi connectivity index (χ4v) is 1.10. The Hall–Kier alpha value is -0.890. The average Bonchev–Trinajstić information content (AvgIpc) is 2.03. The van der Waals surface area contributed by atoms with Gasteiger partial charge in [0.1, 0.15) is 0 Å². The molecule has 60 valence electrons. The summed E-state index contributed by atoms with van der Waals surface area (Å²) < 4.78 is 0. The van der Waals surface area contributed by atoms with Crippen LogP contribution in [0.25, 0.3) is 0 Å². The molecule has 0 aliphatic carbocycles. The minimum Gasteiger partial charge on any atom is -0.390 e. The van der Waals surface area contributed by atoms with Gasteiger partial charge in [0.25, 0.3) is 0 Å². The van der Waals surface area contributed by atoms with Gasteiger partial charge in [0.2, 0.25) is 0 Å². The van der Waals surface area contributed by atoms with E-state index < -0.39 is 0 Å². The van der Waals surface area contributed by atoms with Crippen molar-refractivity contribution in [1.29, 1.82) is 0 Å². The lowest BCUT2D eigenvalue weighted by atomic mass is 10.1. The van der Waals surface area contributed by atoms with E-state index in [1.54, 1.807) is 0 Å². The number of pyridine rings is 1. The fraction of sp³-hybridized carbons (Fsp3) is 0.444. The van der Waals surface area contributed by atoms with Crippen LogP contribution in [0.3, 0.4) is 0 Å². The quantitative estimate of drug-likeness (QED) is 0.693. The van der Waals surface area contributed by atoms with Crippen LogP contribution in [0.1, 0.15) is 23.9 Å². The molecule has 0 aliphatic rings. The first kappa shape index (κ1) is 8.21. The van der Waals surface area contributed by atoms with Crippen LogP contribution in [-0.4, -0.2) is 10.1 Å². The second-order valence-corrected chi connectivity index (χ2v) is 2.62. The van der Waals surface area contributed by atoms with Gasteiger partial charge in [0, 0.05) is 5.69 Å². The van der Waals surface area contributed by atoms with E-state index in [0.717, 1.165) is 17.8 Å². The van der Waals surface area contributed by atoms with E-state index in [-0.39, 0.29) is 6.61 Å². The van der Waals surface area contributed by atoms with Crippen LogP contribution in [0.5, 0.6) is 0 Å². The minimum absolute atomic E-state index is 0.0364. The number of aliphatic hydroxyl groups is 1. The molecule has 0 fully saturated rings. The minimum atomic E-state index is 0.0364. The van der Waals surface area contributed by atoms with Crippen LogP contribution in [0.2, 0.25) is 0 Å². The molecule has 11 heavy (non-hydrogen) atoms. The predicted molar refractivity (Wildman–Crippen MR) is 44.3 cm³/mol. The summed E-state index contributed by atoms with van der Waals surface area (Å²) >= 11 is 0. The summed E-state index contributed by atoms with van der Waals surface area (Å²) in [5, 5.41) is 8.82. The fourth-order valence-electron chi connectivity index (χ4n) is 1.10. The molecule has 1 heterocycles. The molecule has 1 aromatic rings. The van der Waals surface area contributed by atoms with E-state index in [4.69, 9.17) is 5.11 Å². The molecule has 1 N–H and O–H groups in total. The van der Waals surface area contributed by atoms with E-state index in [9.17, 15) is 0 Å². The molecule has 0 amide bonds. The Morgan fingerprint density at radius 1 is 1.45 bits per heavy atom. The van der Waals surface area contributed by atoms with E-state index in [1.165, 1.54) is 5.56 Å². The van der Waals surface area contributed by atoms with Crippen molar-refractivity contribution in [3.05, 3.63) is 29.1 Å². The Labute approximate surface area is 66.9 Å². The summed E-state index contributed by atoms with van der Waals surface area (Å²) in [5.74, 6) is 0. The van der Waals surface area contributed by atoms with Crippen LogP contribution in [0.4, 0.5) is 0 Å². The Kier molecular flexibility index (Phi) is 2.60. The lowest BCUT2D eigenvalue weighted by molar-refractivity contribution is 0.276. The zero-order valence-electron chi connectivity index (χ0n) is 6.96. The van der Waals surface area contributed by atoms with E-state index in [0.29, 0.717) is 0 Å². The van der Waals surface area contributed by atoms with Crippen molar-refractivity contribution in [2.45, 2.75) is 26.9 Å². The Bertz CT molecular complexity index is 223. The molecule has 0 bridgehead atoms. The topological polar surface area (TPSA) is 33.1 Å². The first-order valence-electron chi connectivity index (χ1n) is 3.83. The molecule has 1 rings (SSSR count). The highest BCUT2D eigenvalue weighted by Crippen LogP contribution is 2.05. The average molecular weight is 151 g/mol. The molecule has 0 radical (unpaired) electrons. The highest BCUT2D eigenvalue weighted by Gasteiger charge is 1.96. The highest BCUT2D eigenvalue weighted by atomic mass is 16.3. The molecule has 2 nitrogen and oxygen atoms in total. The first-order chi connectivity index (χ1) is 5.26. The van der Waals surface area contributed by atoms with Gasteiger partial charge in [0.05, 0.1) is 12.3 Å². The molecule has 0 atom stereocenters. The monoisotopic (exact) mass is 151 g/mol. The molecule has 0 spiro atoms. The molecule has 0 unspecified atom stereocenters. The Balaban J connectivity index is 3.02. The van der Waals surface area contributed by atoms with Crippen LogP contribution >= 0.6 is 0 Å². The lowest BCUT2D eigenvalue weighted by Crippen LogP contribution is -1.94. The SMILES string of the molecule is CCc1cc(C)nc(CO)c1. The van der Waals surface area contributed by atoms with Gasteiger partial charge in [-0.25, -0.2) is 0 Å². The van der Waals surface area contributed by atoms with E-state index >= 15 is 0 Å². The van der Waals surface area contributed by atoms with Crippen molar-refractivity contribution in [3.8, 4) is 0 Å². The third kappa shape index (κ3) is 2.02.